The van der Waals surface area contributed by atoms with Gasteiger partial charge in [0.2, 0.25) is 11.8 Å². The number of likely N-dealkylation sites (N-methyl/N-ethyl adjacent to an activating group) is 1. The molecule has 116 valence electrons. The smallest absolute Gasteiger partial charge is 0.242 e. The normalized spacial score (nSPS) is 22.2. The highest BCUT2D eigenvalue weighted by atomic mass is 35.5. The third kappa shape index (κ3) is 4.92. The first kappa shape index (κ1) is 17.2. The Morgan fingerprint density at radius 1 is 1.35 bits per heavy atom. The average Bonchev–Trinajstić information content (AvgIpc) is 2.92. The van der Waals surface area contributed by atoms with E-state index in [4.69, 9.17) is 4.74 Å². The summed E-state index contributed by atoms with van der Waals surface area (Å²) in [7, 11) is 1.70. The molecule has 2 heterocycles. The summed E-state index contributed by atoms with van der Waals surface area (Å²) in [6.07, 6.45) is 2.68. The number of hydrogen-bond donors (Lipinski definition) is 1. The molecule has 6 nitrogen and oxygen atoms in total. The number of halogens is 1. The number of nitrogens with zero attached hydrogens (tertiary/aromatic N) is 2. The second kappa shape index (κ2) is 8.44. The number of rotatable bonds is 4. The molecule has 2 aliphatic rings. The van der Waals surface area contributed by atoms with E-state index in [1.807, 2.05) is 0 Å². The molecule has 7 heteroatoms. The second-order valence-electron chi connectivity index (χ2n) is 5.24. The highest BCUT2D eigenvalue weighted by molar-refractivity contribution is 5.85. The van der Waals surface area contributed by atoms with E-state index in [9.17, 15) is 9.59 Å². The molecule has 0 bridgehead atoms. The van der Waals surface area contributed by atoms with Crippen molar-refractivity contribution < 1.29 is 14.3 Å². The fraction of sp³-hybridized carbons (Fsp3) is 0.846. The van der Waals surface area contributed by atoms with Gasteiger partial charge in [-0.1, -0.05) is 0 Å². The first-order valence-electron chi connectivity index (χ1n) is 6.99. The highest BCUT2D eigenvalue weighted by Crippen LogP contribution is 2.10. The van der Waals surface area contributed by atoms with Crippen molar-refractivity contribution >= 4 is 24.2 Å². The molecule has 1 unspecified atom stereocenters. The van der Waals surface area contributed by atoms with Crippen LogP contribution >= 0.6 is 12.4 Å². The Morgan fingerprint density at radius 2 is 2.05 bits per heavy atom. The summed E-state index contributed by atoms with van der Waals surface area (Å²) in [5.74, 6) is 0.0551. The van der Waals surface area contributed by atoms with Crippen LogP contribution in [0.4, 0.5) is 0 Å². The number of ether oxygens (including phenoxy) is 1. The topological polar surface area (TPSA) is 61.9 Å². The van der Waals surface area contributed by atoms with Crippen LogP contribution in [0.25, 0.3) is 0 Å². The summed E-state index contributed by atoms with van der Waals surface area (Å²) in [5.41, 5.74) is 0. The van der Waals surface area contributed by atoms with Crippen LogP contribution in [-0.2, 0) is 14.3 Å². The van der Waals surface area contributed by atoms with Gasteiger partial charge in [-0.05, 0) is 19.4 Å². The molecule has 0 saturated carbocycles. The van der Waals surface area contributed by atoms with Gasteiger partial charge in [0.25, 0.3) is 0 Å². The quantitative estimate of drug-likeness (QED) is 0.786. The third-order valence-electron chi connectivity index (χ3n) is 3.75. The lowest BCUT2D eigenvalue weighted by molar-refractivity contribution is -0.142. The molecule has 20 heavy (non-hydrogen) atoms. The van der Waals surface area contributed by atoms with E-state index in [-0.39, 0.29) is 36.8 Å². The summed E-state index contributed by atoms with van der Waals surface area (Å²) in [4.78, 5) is 27.3. The van der Waals surface area contributed by atoms with E-state index in [1.165, 1.54) is 4.90 Å². The molecule has 0 radical (unpaired) electrons. The summed E-state index contributed by atoms with van der Waals surface area (Å²) < 4.78 is 5.21. The van der Waals surface area contributed by atoms with E-state index in [0.29, 0.717) is 32.7 Å². The predicted octanol–water partition coefficient (Wildman–Crippen LogP) is -0.132. The van der Waals surface area contributed by atoms with Gasteiger partial charge in [-0.15, -0.1) is 12.4 Å². The van der Waals surface area contributed by atoms with Gasteiger partial charge in [-0.2, -0.15) is 0 Å². The standard InChI is InChI=1S/C13H23N3O3.ClH/c1-15(12(17)9-11-3-2-4-14-11)10-13(18)16-5-7-19-8-6-16;/h11,14H,2-10H2,1H3;1H. The maximum atomic E-state index is 12.0. The Morgan fingerprint density at radius 3 is 2.65 bits per heavy atom. The maximum absolute atomic E-state index is 12.0. The molecule has 0 aromatic carbocycles. The monoisotopic (exact) mass is 305 g/mol. The van der Waals surface area contributed by atoms with Gasteiger partial charge in [0.05, 0.1) is 19.8 Å². The van der Waals surface area contributed by atoms with Crippen molar-refractivity contribution in [2.45, 2.75) is 25.3 Å². The Balaban J connectivity index is 0.00000200. The molecule has 2 rings (SSSR count). The van der Waals surface area contributed by atoms with Crippen molar-refractivity contribution in [1.82, 2.24) is 15.1 Å². The fourth-order valence-electron chi connectivity index (χ4n) is 2.50. The lowest BCUT2D eigenvalue weighted by atomic mass is 10.1. The first-order valence-corrected chi connectivity index (χ1v) is 6.99. The number of carbonyl (C=O) groups excluding carboxylic acids is 2. The van der Waals surface area contributed by atoms with Gasteiger partial charge in [-0.25, -0.2) is 0 Å². The van der Waals surface area contributed by atoms with Gasteiger partial charge < -0.3 is 19.9 Å². The molecule has 0 aromatic rings. The first-order chi connectivity index (χ1) is 9.16. The lowest BCUT2D eigenvalue weighted by Crippen LogP contribution is -2.46. The molecule has 0 aromatic heterocycles. The largest absolute Gasteiger partial charge is 0.378 e. The van der Waals surface area contributed by atoms with Crippen molar-refractivity contribution in [3.8, 4) is 0 Å². The Bertz CT molecular complexity index is 329. The molecule has 0 spiro atoms. The molecule has 1 atom stereocenters. The zero-order valence-corrected chi connectivity index (χ0v) is 12.8. The zero-order valence-electron chi connectivity index (χ0n) is 12.0. The molecule has 2 amide bonds. The van der Waals surface area contributed by atoms with Gasteiger partial charge >= 0.3 is 0 Å². The van der Waals surface area contributed by atoms with Crippen LogP contribution in [0, 0.1) is 0 Å². The predicted molar refractivity (Wildman–Crippen MR) is 77.9 cm³/mol. The van der Waals surface area contributed by atoms with E-state index < -0.39 is 0 Å². The van der Waals surface area contributed by atoms with Crippen molar-refractivity contribution in [2.24, 2.45) is 0 Å². The zero-order chi connectivity index (χ0) is 13.7. The number of amides is 2. The van der Waals surface area contributed by atoms with E-state index in [1.54, 1.807) is 11.9 Å². The van der Waals surface area contributed by atoms with Crippen LogP contribution in [0.15, 0.2) is 0 Å². The van der Waals surface area contributed by atoms with Crippen LogP contribution in [0.3, 0.4) is 0 Å². The van der Waals surface area contributed by atoms with Crippen molar-refractivity contribution in [2.75, 3.05) is 46.4 Å². The van der Waals surface area contributed by atoms with E-state index >= 15 is 0 Å². The van der Waals surface area contributed by atoms with Gasteiger partial charge in [-0.3, -0.25) is 9.59 Å². The summed E-state index contributed by atoms with van der Waals surface area (Å²) in [6.45, 7) is 3.61. The van der Waals surface area contributed by atoms with Crippen LogP contribution in [-0.4, -0.2) is 74.1 Å². The van der Waals surface area contributed by atoms with Crippen molar-refractivity contribution in [3.63, 3.8) is 0 Å². The lowest BCUT2D eigenvalue weighted by Gasteiger charge is -2.29. The number of nitrogens with one attached hydrogen (secondary N) is 1. The van der Waals surface area contributed by atoms with Crippen molar-refractivity contribution in [3.05, 3.63) is 0 Å². The fourth-order valence-corrected chi connectivity index (χ4v) is 2.50. The summed E-state index contributed by atoms with van der Waals surface area (Å²) in [6, 6.07) is 0.286. The van der Waals surface area contributed by atoms with Gasteiger partial charge in [0.1, 0.15) is 0 Å². The van der Waals surface area contributed by atoms with Crippen LogP contribution in [0.2, 0.25) is 0 Å². The molecular weight excluding hydrogens is 282 g/mol. The Kier molecular flexibility index (Phi) is 7.26. The van der Waals surface area contributed by atoms with E-state index in [2.05, 4.69) is 5.32 Å². The number of hydrogen-bond acceptors (Lipinski definition) is 4. The number of morpholine rings is 1. The van der Waals surface area contributed by atoms with Crippen LogP contribution < -0.4 is 5.32 Å². The van der Waals surface area contributed by atoms with Crippen LogP contribution in [0.1, 0.15) is 19.3 Å². The molecule has 2 fully saturated rings. The average molecular weight is 306 g/mol. The maximum Gasteiger partial charge on any atom is 0.242 e. The molecule has 2 aliphatic heterocycles. The Labute approximate surface area is 126 Å². The molecular formula is C13H24ClN3O3. The van der Waals surface area contributed by atoms with Gasteiger partial charge in [0, 0.05) is 32.6 Å². The minimum Gasteiger partial charge on any atom is -0.378 e. The minimum atomic E-state index is 0. The summed E-state index contributed by atoms with van der Waals surface area (Å²) >= 11 is 0. The summed E-state index contributed by atoms with van der Waals surface area (Å²) in [5, 5.41) is 3.30. The third-order valence-corrected chi connectivity index (χ3v) is 3.75. The Hall–Kier alpha value is -0.850. The SMILES string of the molecule is CN(CC(=O)N1CCOCC1)C(=O)CC1CCCN1.Cl. The van der Waals surface area contributed by atoms with Crippen molar-refractivity contribution in [1.29, 1.82) is 0 Å². The number of carbonyl (C=O) groups is 2. The minimum absolute atomic E-state index is 0. The van der Waals surface area contributed by atoms with Crippen LogP contribution in [0.5, 0.6) is 0 Å². The highest BCUT2D eigenvalue weighted by Gasteiger charge is 2.23. The molecule has 1 N–H and O–H groups in total. The molecule has 2 saturated heterocycles. The molecule has 0 aliphatic carbocycles. The second-order valence-corrected chi connectivity index (χ2v) is 5.24. The van der Waals surface area contributed by atoms with Gasteiger partial charge in [0.15, 0.2) is 0 Å². The van der Waals surface area contributed by atoms with E-state index in [0.717, 1.165) is 19.4 Å².